The standard InChI is InChI=1S/C20H18FN3O4/c1-12-3-4-13(19(25)22-2)9-17(12)23-20(26)18-10-16(28-24-18)11-27-15-7-5-14(21)6-8-15/h3-10H,11H2,1-2H3,(H,22,25)(H,23,26). The number of rotatable bonds is 6. The predicted molar refractivity (Wildman–Crippen MR) is 99.8 cm³/mol. The number of halogens is 1. The third-order valence-corrected chi connectivity index (χ3v) is 3.96. The lowest BCUT2D eigenvalue weighted by molar-refractivity contribution is 0.0961. The molecule has 0 saturated carbocycles. The predicted octanol–water partition coefficient (Wildman–Crippen LogP) is 3.31. The second-order valence-corrected chi connectivity index (χ2v) is 5.98. The van der Waals surface area contributed by atoms with Crippen LogP contribution in [-0.4, -0.2) is 24.0 Å². The minimum Gasteiger partial charge on any atom is -0.486 e. The van der Waals surface area contributed by atoms with Crippen LogP contribution in [0.25, 0.3) is 0 Å². The lowest BCUT2D eigenvalue weighted by Gasteiger charge is -2.09. The molecular weight excluding hydrogens is 365 g/mol. The third kappa shape index (κ3) is 4.53. The number of amides is 2. The highest BCUT2D eigenvalue weighted by Crippen LogP contribution is 2.19. The zero-order valence-electron chi connectivity index (χ0n) is 15.3. The van der Waals surface area contributed by atoms with Crippen molar-refractivity contribution in [2.45, 2.75) is 13.5 Å². The van der Waals surface area contributed by atoms with Crippen molar-refractivity contribution in [1.82, 2.24) is 10.5 Å². The van der Waals surface area contributed by atoms with Gasteiger partial charge >= 0.3 is 0 Å². The van der Waals surface area contributed by atoms with Gasteiger partial charge in [-0.25, -0.2) is 4.39 Å². The monoisotopic (exact) mass is 383 g/mol. The number of hydrogen-bond donors (Lipinski definition) is 2. The van der Waals surface area contributed by atoms with Gasteiger partial charge in [-0.05, 0) is 48.9 Å². The molecule has 0 radical (unpaired) electrons. The molecule has 0 aliphatic carbocycles. The Morgan fingerprint density at radius 1 is 1.11 bits per heavy atom. The lowest BCUT2D eigenvalue weighted by atomic mass is 10.1. The minimum atomic E-state index is -0.478. The Morgan fingerprint density at radius 2 is 1.86 bits per heavy atom. The molecule has 0 spiro atoms. The molecule has 7 nitrogen and oxygen atoms in total. The number of benzene rings is 2. The van der Waals surface area contributed by atoms with Gasteiger partial charge < -0.3 is 19.9 Å². The fourth-order valence-corrected chi connectivity index (χ4v) is 2.40. The molecule has 0 aliphatic heterocycles. The summed E-state index contributed by atoms with van der Waals surface area (Å²) in [5.74, 6) is -0.288. The van der Waals surface area contributed by atoms with E-state index >= 15 is 0 Å². The molecule has 28 heavy (non-hydrogen) atoms. The SMILES string of the molecule is CNC(=O)c1ccc(C)c(NC(=O)c2cc(COc3ccc(F)cc3)on2)c1. The van der Waals surface area contributed by atoms with Crippen LogP contribution in [-0.2, 0) is 6.61 Å². The van der Waals surface area contributed by atoms with Crippen LogP contribution in [0, 0.1) is 12.7 Å². The topological polar surface area (TPSA) is 93.5 Å². The van der Waals surface area contributed by atoms with E-state index < -0.39 is 5.91 Å². The first kappa shape index (κ1) is 19.1. The highest BCUT2D eigenvalue weighted by Gasteiger charge is 2.15. The molecule has 3 aromatic rings. The molecule has 2 aromatic carbocycles. The summed E-state index contributed by atoms with van der Waals surface area (Å²) in [6.07, 6.45) is 0. The number of ether oxygens (including phenoxy) is 1. The Hall–Kier alpha value is -3.68. The van der Waals surface area contributed by atoms with Crippen molar-refractivity contribution in [2.75, 3.05) is 12.4 Å². The van der Waals surface area contributed by atoms with E-state index in [1.807, 2.05) is 6.92 Å². The largest absolute Gasteiger partial charge is 0.486 e. The molecule has 0 saturated heterocycles. The zero-order valence-corrected chi connectivity index (χ0v) is 15.3. The van der Waals surface area contributed by atoms with Crippen LogP contribution in [0.3, 0.4) is 0 Å². The van der Waals surface area contributed by atoms with Crippen molar-refractivity contribution in [3.05, 3.63) is 76.9 Å². The Kier molecular flexibility index (Phi) is 5.69. The quantitative estimate of drug-likeness (QED) is 0.681. The van der Waals surface area contributed by atoms with E-state index in [0.717, 1.165) is 5.56 Å². The molecule has 1 aromatic heterocycles. The molecule has 8 heteroatoms. The summed E-state index contributed by atoms with van der Waals surface area (Å²) in [5, 5.41) is 8.98. The van der Waals surface area contributed by atoms with Crippen LogP contribution in [0.15, 0.2) is 53.1 Å². The number of anilines is 1. The lowest BCUT2D eigenvalue weighted by Crippen LogP contribution is -2.19. The first-order valence-electron chi connectivity index (χ1n) is 8.44. The normalized spacial score (nSPS) is 10.4. The van der Waals surface area contributed by atoms with Crippen molar-refractivity contribution in [3.8, 4) is 5.75 Å². The summed E-state index contributed by atoms with van der Waals surface area (Å²) in [5.41, 5.74) is 1.79. The summed E-state index contributed by atoms with van der Waals surface area (Å²) in [4.78, 5) is 24.2. The number of nitrogens with one attached hydrogen (secondary N) is 2. The molecule has 0 atom stereocenters. The molecule has 0 unspecified atom stereocenters. The Labute approximate surface area is 160 Å². The maximum absolute atomic E-state index is 12.9. The van der Waals surface area contributed by atoms with Crippen molar-refractivity contribution in [2.24, 2.45) is 0 Å². The maximum atomic E-state index is 12.9. The van der Waals surface area contributed by atoms with Crippen LogP contribution < -0.4 is 15.4 Å². The first-order chi connectivity index (χ1) is 13.5. The molecule has 3 rings (SSSR count). The van der Waals surface area contributed by atoms with Gasteiger partial charge in [0.1, 0.15) is 18.2 Å². The van der Waals surface area contributed by atoms with Gasteiger partial charge in [-0.15, -0.1) is 0 Å². The number of nitrogens with zero attached hydrogens (tertiary/aromatic N) is 1. The van der Waals surface area contributed by atoms with E-state index in [1.165, 1.54) is 37.4 Å². The van der Waals surface area contributed by atoms with Gasteiger partial charge in [0, 0.05) is 24.4 Å². The van der Waals surface area contributed by atoms with Crippen molar-refractivity contribution in [1.29, 1.82) is 0 Å². The fraction of sp³-hybridized carbons (Fsp3) is 0.150. The van der Waals surface area contributed by atoms with Crippen LogP contribution in [0.4, 0.5) is 10.1 Å². The average Bonchev–Trinajstić information content (AvgIpc) is 3.18. The van der Waals surface area contributed by atoms with Gasteiger partial charge in [0.2, 0.25) is 0 Å². The summed E-state index contributed by atoms with van der Waals surface area (Å²) >= 11 is 0. The molecule has 0 fully saturated rings. The molecule has 2 amide bonds. The van der Waals surface area contributed by atoms with Gasteiger partial charge in [0.05, 0.1) is 0 Å². The third-order valence-electron chi connectivity index (χ3n) is 3.96. The van der Waals surface area contributed by atoms with Gasteiger partial charge in [-0.2, -0.15) is 0 Å². The van der Waals surface area contributed by atoms with Crippen LogP contribution in [0.2, 0.25) is 0 Å². The summed E-state index contributed by atoms with van der Waals surface area (Å²) in [6.45, 7) is 1.85. The number of carbonyl (C=O) groups is 2. The van der Waals surface area contributed by atoms with E-state index in [0.29, 0.717) is 22.8 Å². The van der Waals surface area contributed by atoms with E-state index in [9.17, 15) is 14.0 Å². The van der Waals surface area contributed by atoms with E-state index in [1.54, 1.807) is 18.2 Å². The Balaban J connectivity index is 1.65. The summed E-state index contributed by atoms with van der Waals surface area (Å²) < 4.78 is 23.4. The van der Waals surface area contributed by atoms with Crippen molar-refractivity contribution in [3.63, 3.8) is 0 Å². The van der Waals surface area contributed by atoms with E-state index in [-0.39, 0.29) is 24.0 Å². The smallest absolute Gasteiger partial charge is 0.277 e. The van der Waals surface area contributed by atoms with Crippen LogP contribution in [0.5, 0.6) is 5.75 Å². The number of carbonyl (C=O) groups excluding carboxylic acids is 2. The summed E-state index contributed by atoms with van der Waals surface area (Å²) in [7, 11) is 1.53. The van der Waals surface area contributed by atoms with E-state index in [4.69, 9.17) is 9.26 Å². The Morgan fingerprint density at radius 3 is 2.57 bits per heavy atom. The molecule has 0 aliphatic rings. The first-order valence-corrected chi connectivity index (χ1v) is 8.44. The highest BCUT2D eigenvalue weighted by atomic mass is 19.1. The van der Waals surface area contributed by atoms with Gasteiger partial charge in [0.15, 0.2) is 11.5 Å². The van der Waals surface area contributed by atoms with Crippen molar-refractivity contribution < 1.29 is 23.2 Å². The van der Waals surface area contributed by atoms with Crippen molar-refractivity contribution >= 4 is 17.5 Å². The molecule has 144 valence electrons. The summed E-state index contributed by atoms with van der Waals surface area (Å²) in [6, 6.07) is 12.0. The zero-order chi connectivity index (χ0) is 20.1. The minimum absolute atomic E-state index is 0.0388. The molecule has 0 bridgehead atoms. The number of aromatic nitrogens is 1. The van der Waals surface area contributed by atoms with Gasteiger partial charge in [-0.1, -0.05) is 11.2 Å². The second-order valence-electron chi connectivity index (χ2n) is 5.98. The number of hydrogen-bond acceptors (Lipinski definition) is 5. The van der Waals surface area contributed by atoms with Gasteiger partial charge in [-0.3, -0.25) is 9.59 Å². The van der Waals surface area contributed by atoms with Crippen LogP contribution >= 0.6 is 0 Å². The van der Waals surface area contributed by atoms with Crippen LogP contribution in [0.1, 0.15) is 32.2 Å². The molecule has 2 N–H and O–H groups in total. The Bertz CT molecular complexity index is 999. The van der Waals surface area contributed by atoms with E-state index in [2.05, 4.69) is 15.8 Å². The number of aryl methyl sites for hydroxylation is 1. The van der Waals surface area contributed by atoms with Gasteiger partial charge in [0.25, 0.3) is 11.8 Å². The maximum Gasteiger partial charge on any atom is 0.277 e. The average molecular weight is 383 g/mol. The molecule has 1 heterocycles. The fourth-order valence-electron chi connectivity index (χ4n) is 2.40. The molecular formula is C20H18FN3O4. The second kappa shape index (κ2) is 8.34. The highest BCUT2D eigenvalue weighted by molar-refractivity contribution is 6.04.